The Morgan fingerprint density at radius 1 is 0.429 bits per heavy atom. The maximum Gasteiger partial charge on any atom is 0.196 e. The molecule has 70 heavy (non-hydrogen) atoms. The van der Waals surface area contributed by atoms with E-state index >= 15 is 0 Å². The molecule has 0 saturated carbocycles. The summed E-state index contributed by atoms with van der Waals surface area (Å²) in [6, 6.07) is 68.8. The van der Waals surface area contributed by atoms with Gasteiger partial charge < -0.3 is 4.57 Å². The van der Waals surface area contributed by atoms with E-state index in [0.717, 1.165) is 66.4 Å². The molecule has 0 aliphatic rings. The van der Waals surface area contributed by atoms with E-state index in [0.29, 0.717) is 51.1 Å². The fraction of sp³-hybridized carbons (Fsp3) is 0. The first-order valence-electron chi connectivity index (χ1n) is 22.3. The fourth-order valence-electron chi connectivity index (χ4n) is 9.42. The van der Waals surface area contributed by atoms with Crippen LogP contribution in [0, 0.1) is 35.8 Å². The number of nitriles is 2. The number of thiophene rings is 1. The summed E-state index contributed by atoms with van der Waals surface area (Å²) in [4.78, 5) is 23.1. The standard InChI is InChI=1S/C61H32N8S/c1-64-45-22-26-46(44(30-45)36-63)42-18-24-48-49-25-19-43(47-23-17-37(35-62)29-53(47)65-2)34-56(49)69(55(48)33-42)54-27-20-40(41-21-28-58-51(31-41)50-15-9-10-16-57(50)70-58)32-52(54)61-67-59(38-11-5-3-6-12-38)66-60(68-61)39-13-7-4-8-14-39/h3-34H. The Labute approximate surface area is 406 Å². The molecule has 0 spiro atoms. The first-order valence-corrected chi connectivity index (χ1v) is 23.2. The van der Waals surface area contributed by atoms with Gasteiger partial charge in [0.1, 0.15) is 0 Å². The summed E-state index contributed by atoms with van der Waals surface area (Å²) in [6.07, 6.45) is 0. The van der Waals surface area contributed by atoms with Gasteiger partial charge in [-0.25, -0.2) is 24.6 Å². The number of hydrogen-bond acceptors (Lipinski definition) is 6. The first-order chi connectivity index (χ1) is 34.5. The highest BCUT2D eigenvalue weighted by Gasteiger charge is 2.23. The molecule has 3 aromatic heterocycles. The molecule has 12 aromatic rings. The molecule has 9 heteroatoms. The Kier molecular flexibility index (Phi) is 10.1. The highest BCUT2D eigenvalue weighted by molar-refractivity contribution is 7.25. The van der Waals surface area contributed by atoms with Crippen molar-refractivity contribution in [2.45, 2.75) is 0 Å². The van der Waals surface area contributed by atoms with Crippen LogP contribution >= 0.6 is 11.3 Å². The van der Waals surface area contributed by atoms with Gasteiger partial charge in [-0.05, 0) is 94.0 Å². The van der Waals surface area contributed by atoms with E-state index in [1.54, 1.807) is 35.6 Å². The van der Waals surface area contributed by atoms with Crippen molar-refractivity contribution in [2.24, 2.45) is 0 Å². The maximum atomic E-state index is 10.3. The molecule has 0 radical (unpaired) electrons. The third kappa shape index (κ3) is 7.08. The third-order valence-electron chi connectivity index (χ3n) is 12.8. The van der Waals surface area contributed by atoms with Crippen LogP contribution < -0.4 is 0 Å². The van der Waals surface area contributed by atoms with Crippen molar-refractivity contribution in [1.82, 2.24) is 19.5 Å². The smallest absolute Gasteiger partial charge is 0.196 e. The molecule has 0 aliphatic heterocycles. The number of benzene rings is 9. The van der Waals surface area contributed by atoms with Crippen LogP contribution in [-0.2, 0) is 0 Å². The topological polar surface area (TPSA) is 99.9 Å². The summed E-state index contributed by atoms with van der Waals surface area (Å²) in [5.41, 5.74) is 11.6. The second-order valence-corrected chi connectivity index (χ2v) is 17.9. The van der Waals surface area contributed by atoms with E-state index in [4.69, 9.17) is 28.1 Å². The van der Waals surface area contributed by atoms with Crippen molar-refractivity contribution in [2.75, 3.05) is 0 Å². The Balaban J connectivity index is 1.18. The minimum atomic E-state index is 0.378. The van der Waals surface area contributed by atoms with Gasteiger partial charge in [0.05, 0.1) is 42.0 Å². The molecule has 0 bridgehead atoms. The minimum Gasteiger partial charge on any atom is -0.308 e. The molecule has 0 unspecified atom stereocenters. The molecule has 0 amide bonds. The Morgan fingerprint density at radius 2 is 1.03 bits per heavy atom. The molecule has 3 heterocycles. The third-order valence-corrected chi connectivity index (χ3v) is 13.9. The molecular weight excluding hydrogens is 877 g/mol. The second-order valence-electron chi connectivity index (χ2n) is 16.8. The zero-order chi connectivity index (χ0) is 47.3. The van der Waals surface area contributed by atoms with Crippen molar-refractivity contribution >= 4 is 64.7 Å². The number of hydrogen-bond donors (Lipinski definition) is 0. The predicted molar refractivity (Wildman–Crippen MR) is 282 cm³/mol. The number of rotatable bonds is 7. The predicted octanol–water partition coefficient (Wildman–Crippen LogP) is 16.2. The zero-order valence-corrected chi connectivity index (χ0v) is 37.8. The van der Waals surface area contributed by atoms with Crippen LogP contribution in [0.5, 0.6) is 0 Å². The first kappa shape index (κ1) is 41.4. The van der Waals surface area contributed by atoms with Gasteiger partial charge in [0, 0.05) is 58.8 Å². The quantitative estimate of drug-likeness (QED) is 0.148. The van der Waals surface area contributed by atoms with Gasteiger partial charge in [-0.1, -0.05) is 133 Å². The average Bonchev–Trinajstić information content (AvgIpc) is 3.97. The van der Waals surface area contributed by atoms with Gasteiger partial charge in [-0.15, -0.1) is 11.3 Å². The van der Waals surface area contributed by atoms with Crippen molar-refractivity contribution in [3.8, 4) is 85.4 Å². The molecule has 0 fully saturated rings. The Bertz CT molecular complexity index is 4100. The van der Waals surface area contributed by atoms with E-state index in [-0.39, 0.29) is 0 Å². The van der Waals surface area contributed by atoms with Gasteiger partial charge >= 0.3 is 0 Å². The van der Waals surface area contributed by atoms with E-state index < -0.39 is 0 Å². The van der Waals surface area contributed by atoms with E-state index in [2.05, 4.69) is 111 Å². The zero-order valence-electron chi connectivity index (χ0n) is 37.0. The number of fused-ring (bicyclic) bond motifs is 6. The van der Waals surface area contributed by atoms with Gasteiger partial charge in [-0.2, -0.15) is 10.5 Å². The molecule has 0 aliphatic carbocycles. The summed E-state index contributed by atoms with van der Waals surface area (Å²) in [5.74, 6) is 1.52. The number of aromatic nitrogens is 4. The van der Waals surface area contributed by atoms with Crippen LogP contribution in [0.15, 0.2) is 194 Å². The van der Waals surface area contributed by atoms with Crippen LogP contribution in [0.3, 0.4) is 0 Å². The molecule has 0 saturated heterocycles. The van der Waals surface area contributed by atoms with Gasteiger partial charge in [-0.3, -0.25) is 0 Å². The van der Waals surface area contributed by atoms with Gasteiger partial charge in [0.2, 0.25) is 0 Å². The fourth-order valence-corrected chi connectivity index (χ4v) is 10.5. The highest BCUT2D eigenvalue weighted by atomic mass is 32.1. The summed E-state index contributed by atoms with van der Waals surface area (Å²) in [7, 11) is 0. The lowest BCUT2D eigenvalue weighted by atomic mass is 9.98. The minimum absolute atomic E-state index is 0.378. The van der Waals surface area contributed by atoms with Crippen LogP contribution in [0.1, 0.15) is 11.1 Å². The van der Waals surface area contributed by atoms with Gasteiger partial charge in [0.25, 0.3) is 0 Å². The van der Waals surface area contributed by atoms with Crippen LogP contribution in [0.25, 0.3) is 125 Å². The molecule has 9 aromatic carbocycles. The normalized spacial score (nSPS) is 11.1. The van der Waals surface area contributed by atoms with Crippen molar-refractivity contribution in [3.63, 3.8) is 0 Å². The van der Waals surface area contributed by atoms with Crippen molar-refractivity contribution in [3.05, 3.63) is 228 Å². The lowest BCUT2D eigenvalue weighted by Gasteiger charge is -2.17. The van der Waals surface area contributed by atoms with Crippen LogP contribution in [0.4, 0.5) is 11.4 Å². The summed E-state index contributed by atoms with van der Waals surface area (Å²) >= 11 is 1.78. The largest absolute Gasteiger partial charge is 0.308 e. The monoisotopic (exact) mass is 908 g/mol. The second kappa shape index (κ2) is 17.0. The molecule has 0 atom stereocenters. The lowest BCUT2D eigenvalue weighted by molar-refractivity contribution is 1.06. The molecule has 12 rings (SSSR count). The average molecular weight is 909 g/mol. The SMILES string of the molecule is [C-]#[N+]c1ccc(-c2ccc3c4ccc(-c5ccc(C#N)cc5[N+]#[C-])cc4n(-c4ccc(-c5ccc6sc7ccccc7c6c5)cc4-c4nc(-c5ccccc5)nc(-c5ccccc5)n4)c3c2)c(C#N)c1. The molecule has 322 valence electrons. The van der Waals surface area contributed by atoms with Crippen molar-refractivity contribution < 1.29 is 0 Å². The van der Waals surface area contributed by atoms with E-state index in [9.17, 15) is 10.5 Å². The molecule has 0 N–H and O–H groups in total. The summed E-state index contributed by atoms with van der Waals surface area (Å²) in [5, 5.41) is 24.4. The Morgan fingerprint density at radius 3 is 1.70 bits per heavy atom. The van der Waals surface area contributed by atoms with Gasteiger partial charge in [0.15, 0.2) is 28.8 Å². The molecule has 8 nitrogen and oxygen atoms in total. The summed E-state index contributed by atoms with van der Waals surface area (Å²) < 4.78 is 4.67. The van der Waals surface area contributed by atoms with E-state index in [1.165, 1.54) is 20.2 Å². The van der Waals surface area contributed by atoms with Crippen molar-refractivity contribution in [1.29, 1.82) is 10.5 Å². The van der Waals surface area contributed by atoms with E-state index in [1.807, 2.05) is 84.9 Å². The molecular formula is C61H32N8S. The highest BCUT2D eigenvalue weighted by Crippen LogP contribution is 2.43. The number of nitrogens with zero attached hydrogens (tertiary/aromatic N) is 8. The summed E-state index contributed by atoms with van der Waals surface area (Å²) in [6.45, 7) is 15.7. The Hall–Kier alpha value is -10.0. The lowest BCUT2D eigenvalue weighted by Crippen LogP contribution is -2.04. The van der Waals surface area contributed by atoms with Crippen LogP contribution in [-0.4, -0.2) is 19.5 Å². The maximum absolute atomic E-state index is 10.3. The van der Waals surface area contributed by atoms with Crippen LogP contribution in [0.2, 0.25) is 0 Å².